The summed E-state index contributed by atoms with van der Waals surface area (Å²) in [5.74, 6) is 0.113. The number of morpholine rings is 1. The van der Waals surface area contributed by atoms with E-state index in [1.165, 1.54) is 0 Å². The van der Waals surface area contributed by atoms with Gasteiger partial charge in [0.25, 0.3) is 5.91 Å². The van der Waals surface area contributed by atoms with Crippen LogP contribution in [0.3, 0.4) is 0 Å². The molecule has 1 aromatic rings. The number of hydrogen-bond acceptors (Lipinski definition) is 7. The van der Waals surface area contributed by atoms with E-state index in [1.807, 2.05) is 6.92 Å². The van der Waals surface area contributed by atoms with E-state index in [0.717, 1.165) is 25.7 Å². The van der Waals surface area contributed by atoms with Crippen molar-refractivity contribution in [1.82, 2.24) is 15.5 Å². The molecule has 2 atom stereocenters. The molecule has 2 fully saturated rings. The van der Waals surface area contributed by atoms with Crippen molar-refractivity contribution in [2.45, 2.75) is 76.0 Å². The molecule has 1 saturated heterocycles. The fourth-order valence-corrected chi connectivity index (χ4v) is 5.03. The van der Waals surface area contributed by atoms with Crippen LogP contribution in [0.25, 0.3) is 0 Å². The predicted molar refractivity (Wildman–Crippen MR) is 135 cm³/mol. The van der Waals surface area contributed by atoms with Crippen molar-refractivity contribution in [2.75, 3.05) is 38.4 Å². The third-order valence-electron chi connectivity index (χ3n) is 7.26. The molecule has 37 heavy (non-hydrogen) atoms. The minimum atomic E-state index is -1.48. The summed E-state index contributed by atoms with van der Waals surface area (Å²) in [6, 6.07) is 3.89. The molecule has 2 heterocycles. The summed E-state index contributed by atoms with van der Waals surface area (Å²) in [5.41, 5.74) is -0.624. The van der Waals surface area contributed by atoms with Crippen molar-refractivity contribution in [3.05, 3.63) is 18.2 Å². The van der Waals surface area contributed by atoms with E-state index >= 15 is 0 Å². The zero-order valence-electron chi connectivity index (χ0n) is 21.4. The summed E-state index contributed by atoms with van der Waals surface area (Å²) in [7, 11) is 0. The number of anilines is 1. The van der Waals surface area contributed by atoms with Gasteiger partial charge in [0.1, 0.15) is 5.54 Å². The molecule has 3 aliphatic rings. The fraction of sp³-hybridized carbons (Fsp3) is 0.654. The van der Waals surface area contributed by atoms with Crippen LogP contribution in [0.15, 0.2) is 18.2 Å². The maximum Gasteiger partial charge on any atom is 0.318 e. The van der Waals surface area contributed by atoms with Gasteiger partial charge in [-0.2, -0.15) is 0 Å². The van der Waals surface area contributed by atoms with Gasteiger partial charge in [0.15, 0.2) is 17.6 Å². The Hall–Kier alpha value is -3.05. The Morgan fingerprint density at radius 2 is 1.81 bits per heavy atom. The number of aliphatic hydroxyl groups is 1. The highest BCUT2D eigenvalue weighted by atomic mass is 16.7. The van der Waals surface area contributed by atoms with Crippen molar-refractivity contribution in [1.29, 1.82) is 0 Å². The Kier molecular flexibility index (Phi) is 9.09. The van der Waals surface area contributed by atoms with Crippen molar-refractivity contribution < 1.29 is 33.7 Å². The molecule has 0 aromatic heterocycles. The van der Waals surface area contributed by atoms with Crippen molar-refractivity contribution in [3.8, 4) is 11.5 Å². The van der Waals surface area contributed by atoms with Crippen molar-refractivity contribution in [3.63, 3.8) is 0 Å². The summed E-state index contributed by atoms with van der Waals surface area (Å²) in [6.45, 7) is 4.00. The zero-order chi connectivity index (χ0) is 26.3. The molecule has 1 saturated carbocycles. The van der Waals surface area contributed by atoms with Crippen LogP contribution >= 0.6 is 0 Å². The van der Waals surface area contributed by atoms with Gasteiger partial charge in [-0.3, -0.25) is 9.59 Å². The highest BCUT2D eigenvalue weighted by Gasteiger charge is 2.43. The largest absolute Gasteiger partial charge is 0.454 e. The SMILES string of the molecule is CCCC[C@H](NC(=O)C1(NC(=O)N2CCOCC2)CCCCC1)[C@H](O)C(=O)Nc1ccc2c(c1)OCO2. The Morgan fingerprint density at radius 3 is 2.54 bits per heavy atom. The molecule has 11 heteroatoms. The van der Waals surface area contributed by atoms with Gasteiger partial charge in [0.2, 0.25) is 12.7 Å². The summed E-state index contributed by atoms with van der Waals surface area (Å²) in [5, 5.41) is 19.6. The second-order valence-corrected chi connectivity index (χ2v) is 9.90. The molecular formula is C26H38N4O7. The predicted octanol–water partition coefficient (Wildman–Crippen LogP) is 2.13. The number of unbranched alkanes of at least 4 members (excludes halogenated alkanes) is 1. The average Bonchev–Trinajstić information content (AvgIpc) is 3.39. The fourth-order valence-electron chi connectivity index (χ4n) is 5.03. The molecule has 1 aromatic carbocycles. The first kappa shape index (κ1) is 27.0. The lowest BCUT2D eigenvalue weighted by Crippen LogP contribution is -2.65. The lowest BCUT2D eigenvalue weighted by atomic mass is 9.80. The number of nitrogens with zero attached hydrogens (tertiary/aromatic N) is 1. The summed E-state index contributed by atoms with van der Waals surface area (Å²) < 4.78 is 16.0. The van der Waals surface area contributed by atoms with Crippen LogP contribution < -0.4 is 25.4 Å². The van der Waals surface area contributed by atoms with Crippen LogP contribution in [0.2, 0.25) is 0 Å². The number of nitrogens with one attached hydrogen (secondary N) is 3. The standard InChI is InChI=1S/C26H38N4O7/c1-2-3-7-19(22(31)23(32)27-18-8-9-20-21(16-18)37-17-36-20)28-24(33)26(10-5-4-6-11-26)29-25(34)30-12-14-35-15-13-30/h8-9,16,19,22,31H,2-7,10-15,17H2,1H3,(H,27,32)(H,28,33)(H,29,34)/t19-,22-/m0/s1. The smallest absolute Gasteiger partial charge is 0.318 e. The second-order valence-electron chi connectivity index (χ2n) is 9.90. The van der Waals surface area contributed by atoms with Gasteiger partial charge in [0.05, 0.1) is 19.3 Å². The summed E-state index contributed by atoms with van der Waals surface area (Å²) >= 11 is 0. The molecule has 1 aliphatic carbocycles. The molecule has 2 aliphatic heterocycles. The zero-order valence-corrected chi connectivity index (χ0v) is 21.4. The van der Waals surface area contributed by atoms with E-state index in [4.69, 9.17) is 14.2 Å². The third-order valence-corrected chi connectivity index (χ3v) is 7.26. The normalized spacial score (nSPS) is 20.0. The Bertz CT molecular complexity index is 960. The van der Waals surface area contributed by atoms with E-state index in [-0.39, 0.29) is 18.7 Å². The monoisotopic (exact) mass is 518 g/mol. The Balaban J connectivity index is 1.44. The second kappa shape index (κ2) is 12.5. The number of carbonyl (C=O) groups excluding carboxylic acids is 3. The number of aliphatic hydroxyl groups excluding tert-OH is 1. The highest BCUT2D eigenvalue weighted by molar-refractivity contribution is 5.96. The quantitative estimate of drug-likeness (QED) is 0.393. The lowest BCUT2D eigenvalue weighted by Gasteiger charge is -2.40. The topological polar surface area (TPSA) is 138 Å². The van der Waals surface area contributed by atoms with E-state index in [9.17, 15) is 19.5 Å². The maximum atomic E-state index is 13.7. The molecule has 11 nitrogen and oxygen atoms in total. The van der Waals surface area contributed by atoms with E-state index < -0.39 is 23.6 Å². The van der Waals surface area contributed by atoms with Crippen LogP contribution in [0.5, 0.6) is 11.5 Å². The highest BCUT2D eigenvalue weighted by Crippen LogP contribution is 2.34. The van der Waals surface area contributed by atoms with Gasteiger partial charge < -0.3 is 40.2 Å². The van der Waals surface area contributed by atoms with Crippen molar-refractivity contribution in [2.24, 2.45) is 0 Å². The van der Waals surface area contributed by atoms with Crippen LogP contribution in [-0.2, 0) is 14.3 Å². The first-order valence-electron chi connectivity index (χ1n) is 13.3. The molecular weight excluding hydrogens is 480 g/mol. The molecule has 0 bridgehead atoms. The van der Waals surface area contributed by atoms with E-state index in [2.05, 4.69) is 16.0 Å². The van der Waals surface area contributed by atoms with Crippen LogP contribution in [0.4, 0.5) is 10.5 Å². The Labute approximate surface area is 217 Å². The van der Waals surface area contributed by atoms with Gasteiger partial charge in [-0.25, -0.2) is 4.79 Å². The van der Waals surface area contributed by atoms with E-state index in [0.29, 0.717) is 69.2 Å². The number of carbonyl (C=O) groups is 3. The first-order valence-corrected chi connectivity index (χ1v) is 13.3. The average molecular weight is 519 g/mol. The molecule has 4 amide bonds. The van der Waals surface area contributed by atoms with Crippen LogP contribution in [-0.4, -0.2) is 78.6 Å². The van der Waals surface area contributed by atoms with Crippen molar-refractivity contribution >= 4 is 23.5 Å². The van der Waals surface area contributed by atoms with Crippen LogP contribution in [0.1, 0.15) is 58.3 Å². The number of rotatable bonds is 9. The molecule has 0 radical (unpaired) electrons. The van der Waals surface area contributed by atoms with Gasteiger partial charge in [-0.05, 0) is 31.4 Å². The number of urea groups is 1. The number of amides is 4. The summed E-state index contributed by atoms with van der Waals surface area (Å²) in [6.07, 6.45) is 4.12. The molecule has 0 spiro atoms. The molecule has 204 valence electrons. The molecule has 4 rings (SSSR count). The third kappa shape index (κ3) is 6.64. The van der Waals surface area contributed by atoms with Crippen LogP contribution in [0, 0.1) is 0 Å². The molecule has 0 unspecified atom stereocenters. The van der Waals surface area contributed by atoms with Gasteiger partial charge in [0, 0.05) is 24.8 Å². The number of hydrogen-bond donors (Lipinski definition) is 4. The minimum absolute atomic E-state index is 0.115. The van der Waals surface area contributed by atoms with Gasteiger partial charge >= 0.3 is 6.03 Å². The first-order chi connectivity index (χ1) is 17.9. The Morgan fingerprint density at radius 1 is 1.08 bits per heavy atom. The summed E-state index contributed by atoms with van der Waals surface area (Å²) in [4.78, 5) is 41.3. The lowest BCUT2D eigenvalue weighted by molar-refractivity contribution is -0.132. The maximum absolute atomic E-state index is 13.7. The van der Waals surface area contributed by atoms with Gasteiger partial charge in [-0.15, -0.1) is 0 Å². The van der Waals surface area contributed by atoms with E-state index in [1.54, 1.807) is 23.1 Å². The minimum Gasteiger partial charge on any atom is -0.454 e. The number of ether oxygens (including phenoxy) is 3. The number of benzene rings is 1. The van der Waals surface area contributed by atoms with Gasteiger partial charge in [-0.1, -0.05) is 39.0 Å². The number of fused-ring (bicyclic) bond motifs is 1. The molecule has 4 N–H and O–H groups in total.